The number of aryl methyl sites for hydroxylation is 1. The molecule has 3 aromatic rings. The standard InChI is InChI=1S/C33H38F2N4O4S/c1-23-8-6-13-30(32(23)36-21-24-9-4-3-5-10-24)44(41,42)37-28-15-14-25(20-29(28)43-2)33(40)39-18-16-38(17-19-39)22-26-11-7-12-27(34)31(26)35/h6-8,11-15,20-21,24,37H,3-5,9-10,16-19,22H2,1-2H3. The second-order valence-corrected chi connectivity index (χ2v) is 13.1. The van der Waals surface area contributed by atoms with Gasteiger partial charge in [-0.25, -0.2) is 17.2 Å². The van der Waals surface area contributed by atoms with Crippen LogP contribution in [0.2, 0.25) is 0 Å². The number of hydrogen-bond donors (Lipinski definition) is 1. The third kappa shape index (κ3) is 7.27. The number of piperazine rings is 1. The van der Waals surface area contributed by atoms with Gasteiger partial charge in [0.15, 0.2) is 11.6 Å². The van der Waals surface area contributed by atoms with Crippen molar-refractivity contribution < 1.29 is 26.7 Å². The maximum Gasteiger partial charge on any atom is 0.264 e. The Balaban J connectivity index is 1.27. The molecule has 234 valence electrons. The highest BCUT2D eigenvalue weighted by atomic mass is 32.2. The molecule has 0 spiro atoms. The van der Waals surface area contributed by atoms with Crippen molar-refractivity contribution in [2.45, 2.75) is 50.5 Å². The average molecular weight is 625 g/mol. The first-order valence-corrected chi connectivity index (χ1v) is 16.4. The van der Waals surface area contributed by atoms with E-state index in [0.29, 0.717) is 43.3 Å². The number of carbonyl (C=O) groups is 1. The predicted molar refractivity (Wildman–Crippen MR) is 167 cm³/mol. The summed E-state index contributed by atoms with van der Waals surface area (Å²) < 4.78 is 63.0. The molecule has 0 atom stereocenters. The second kappa shape index (κ2) is 13.9. The van der Waals surface area contributed by atoms with Crippen molar-refractivity contribution in [2.75, 3.05) is 38.0 Å². The molecular formula is C33H38F2N4O4S. The lowest BCUT2D eigenvalue weighted by Gasteiger charge is -2.35. The Hall–Kier alpha value is -3.83. The number of amides is 1. The number of anilines is 1. The molecule has 44 heavy (non-hydrogen) atoms. The number of hydrogen-bond acceptors (Lipinski definition) is 6. The van der Waals surface area contributed by atoms with Gasteiger partial charge in [-0.05, 0) is 61.6 Å². The zero-order chi connectivity index (χ0) is 31.3. The van der Waals surface area contributed by atoms with Crippen LogP contribution in [0.5, 0.6) is 5.75 Å². The van der Waals surface area contributed by atoms with Crippen LogP contribution in [0.1, 0.15) is 53.6 Å². The summed E-state index contributed by atoms with van der Waals surface area (Å²) in [7, 11) is -2.62. The molecule has 0 unspecified atom stereocenters. The number of para-hydroxylation sites is 1. The lowest BCUT2D eigenvalue weighted by Crippen LogP contribution is -2.48. The summed E-state index contributed by atoms with van der Waals surface area (Å²) >= 11 is 0. The Bertz CT molecular complexity index is 1630. The molecule has 1 amide bonds. The number of ether oxygens (including phenoxy) is 1. The third-order valence-corrected chi connectivity index (χ3v) is 9.73. The number of aliphatic imine (C=N–C) groups is 1. The van der Waals surface area contributed by atoms with E-state index in [4.69, 9.17) is 4.74 Å². The van der Waals surface area contributed by atoms with Crippen LogP contribution < -0.4 is 9.46 Å². The molecule has 1 heterocycles. The molecule has 11 heteroatoms. The summed E-state index contributed by atoms with van der Waals surface area (Å²) in [5, 5.41) is 0. The fourth-order valence-electron chi connectivity index (χ4n) is 5.79. The normalized spacial score (nSPS) is 16.8. The molecule has 1 saturated heterocycles. The molecule has 8 nitrogen and oxygen atoms in total. The van der Waals surface area contributed by atoms with E-state index in [1.165, 1.54) is 37.8 Å². The molecule has 1 N–H and O–H groups in total. The van der Waals surface area contributed by atoms with Crippen LogP contribution in [0.15, 0.2) is 64.5 Å². The Labute approximate surface area is 257 Å². The highest BCUT2D eigenvalue weighted by Gasteiger charge is 2.26. The van der Waals surface area contributed by atoms with Crippen LogP contribution in [0.25, 0.3) is 0 Å². The average Bonchev–Trinajstić information content (AvgIpc) is 3.03. The highest BCUT2D eigenvalue weighted by Crippen LogP contribution is 2.34. The van der Waals surface area contributed by atoms with Crippen molar-refractivity contribution in [3.8, 4) is 5.75 Å². The maximum absolute atomic E-state index is 14.1. The van der Waals surface area contributed by atoms with E-state index in [9.17, 15) is 22.0 Å². The molecule has 2 fully saturated rings. The summed E-state index contributed by atoms with van der Waals surface area (Å²) in [5.74, 6) is -1.40. The van der Waals surface area contributed by atoms with Gasteiger partial charge in [-0.2, -0.15) is 0 Å². The van der Waals surface area contributed by atoms with Gasteiger partial charge in [0.25, 0.3) is 15.9 Å². The summed E-state index contributed by atoms with van der Waals surface area (Å²) in [5.41, 5.74) is 2.00. The monoisotopic (exact) mass is 624 g/mol. The van der Waals surface area contributed by atoms with Gasteiger partial charge in [0, 0.05) is 50.1 Å². The maximum atomic E-state index is 14.1. The first kappa shape index (κ1) is 31.6. The first-order chi connectivity index (χ1) is 21.2. The molecule has 0 radical (unpaired) electrons. The zero-order valence-electron chi connectivity index (χ0n) is 25.1. The minimum Gasteiger partial charge on any atom is -0.495 e. The van der Waals surface area contributed by atoms with Crippen molar-refractivity contribution in [1.29, 1.82) is 0 Å². The first-order valence-electron chi connectivity index (χ1n) is 15.0. The van der Waals surface area contributed by atoms with Crippen LogP contribution in [-0.2, 0) is 16.6 Å². The van der Waals surface area contributed by atoms with Gasteiger partial charge in [-0.1, -0.05) is 43.5 Å². The number of nitrogens with one attached hydrogen (secondary N) is 1. The number of sulfonamides is 1. The van der Waals surface area contributed by atoms with E-state index in [-0.39, 0.29) is 34.3 Å². The number of carbonyl (C=O) groups excluding carboxylic acids is 1. The van der Waals surface area contributed by atoms with Gasteiger partial charge in [0.05, 0.1) is 18.5 Å². The van der Waals surface area contributed by atoms with Crippen molar-refractivity contribution >= 4 is 33.5 Å². The Morgan fingerprint density at radius 3 is 2.48 bits per heavy atom. The Morgan fingerprint density at radius 1 is 1.02 bits per heavy atom. The van der Waals surface area contributed by atoms with Gasteiger partial charge in [0.1, 0.15) is 10.6 Å². The molecular weight excluding hydrogens is 586 g/mol. The zero-order valence-corrected chi connectivity index (χ0v) is 25.9. The molecule has 1 aliphatic carbocycles. The molecule has 2 aliphatic rings. The molecule has 0 bridgehead atoms. The fourth-order valence-corrected chi connectivity index (χ4v) is 7.08. The van der Waals surface area contributed by atoms with Gasteiger partial charge >= 0.3 is 0 Å². The Kier molecular flexibility index (Phi) is 9.95. The van der Waals surface area contributed by atoms with Gasteiger partial charge in [0.2, 0.25) is 0 Å². The van der Waals surface area contributed by atoms with E-state index in [1.54, 1.807) is 23.1 Å². The minimum atomic E-state index is -4.04. The lowest BCUT2D eigenvalue weighted by molar-refractivity contribution is 0.0626. The van der Waals surface area contributed by atoms with Crippen molar-refractivity contribution in [3.05, 3.63) is 82.9 Å². The molecule has 3 aromatic carbocycles. The largest absolute Gasteiger partial charge is 0.495 e. The van der Waals surface area contributed by atoms with Crippen LogP contribution in [0, 0.1) is 24.5 Å². The van der Waals surface area contributed by atoms with Gasteiger partial charge < -0.3 is 9.64 Å². The SMILES string of the molecule is COc1cc(C(=O)N2CCN(Cc3cccc(F)c3F)CC2)ccc1NS(=O)(=O)c1cccc(C)c1N=CC1CCCCC1. The summed E-state index contributed by atoms with van der Waals surface area (Å²) in [6.07, 6.45) is 7.54. The van der Waals surface area contributed by atoms with Crippen LogP contribution in [0.4, 0.5) is 20.2 Å². The van der Waals surface area contributed by atoms with E-state index in [1.807, 2.05) is 24.1 Å². The Morgan fingerprint density at radius 2 is 1.75 bits per heavy atom. The topological polar surface area (TPSA) is 91.3 Å². The number of nitrogens with zero attached hydrogens (tertiary/aromatic N) is 3. The van der Waals surface area contributed by atoms with Gasteiger partial charge in [-0.3, -0.25) is 19.4 Å². The quantitative estimate of drug-likeness (QED) is 0.281. The van der Waals surface area contributed by atoms with Crippen LogP contribution in [-0.4, -0.2) is 63.6 Å². The smallest absolute Gasteiger partial charge is 0.264 e. The van der Waals surface area contributed by atoms with Gasteiger partial charge in [-0.15, -0.1) is 0 Å². The van der Waals surface area contributed by atoms with Crippen LogP contribution in [0.3, 0.4) is 0 Å². The van der Waals surface area contributed by atoms with Crippen LogP contribution >= 0.6 is 0 Å². The highest BCUT2D eigenvalue weighted by molar-refractivity contribution is 7.92. The summed E-state index contributed by atoms with van der Waals surface area (Å²) in [6.45, 7) is 3.90. The number of benzene rings is 3. The van der Waals surface area contributed by atoms with Crippen molar-refractivity contribution in [1.82, 2.24) is 9.80 Å². The van der Waals surface area contributed by atoms with Crippen molar-refractivity contribution in [3.63, 3.8) is 0 Å². The second-order valence-electron chi connectivity index (χ2n) is 11.4. The summed E-state index contributed by atoms with van der Waals surface area (Å²) in [4.78, 5) is 21.7. The number of methoxy groups -OCH3 is 1. The molecule has 0 aromatic heterocycles. The van der Waals surface area contributed by atoms with E-state index in [0.717, 1.165) is 37.3 Å². The number of rotatable bonds is 9. The molecule has 5 rings (SSSR count). The third-order valence-electron chi connectivity index (χ3n) is 8.33. The van der Waals surface area contributed by atoms with E-state index in [2.05, 4.69) is 9.71 Å². The van der Waals surface area contributed by atoms with E-state index < -0.39 is 21.7 Å². The predicted octanol–water partition coefficient (Wildman–Crippen LogP) is 6.32. The van der Waals surface area contributed by atoms with Crippen molar-refractivity contribution in [2.24, 2.45) is 10.9 Å². The summed E-state index contributed by atoms with van der Waals surface area (Å²) in [6, 6.07) is 13.8. The minimum absolute atomic E-state index is 0.0720. The van der Waals surface area contributed by atoms with E-state index >= 15 is 0 Å². The fraction of sp³-hybridized carbons (Fsp3) is 0.394. The lowest BCUT2D eigenvalue weighted by atomic mass is 9.90. The number of halogens is 2. The molecule has 1 saturated carbocycles. The molecule has 1 aliphatic heterocycles.